The number of hydrogen-bond donors (Lipinski definition) is 0. The summed E-state index contributed by atoms with van der Waals surface area (Å²) in [6, 6.07) is 35.6. The zero-order valence-electron chi connectivity index (χ0n) is 17.4. The molecule has 1 heterocycles. The number of halogens is 1. The summed E-state index contributed by atoms with van der Waals surface area (Å²) >= 11 is 3.52. The Labute approximate surface area is 196 Å². The second-order valence-corrected chi connectivity index (χ2v) is 8.64. The molecule has 0 unspecified atom stereocenters. The van der Waals surface area contributed by atoms with Gasteiger partial charge in [-0.25, -0.2) is 0 Å². The molecule has 0 N–H and O–H groups in total. The molecule has 1 aliphatic rings. The van der Waals surface area contributed by atoms with Crippen molar-refractivity contribution in [1.29, 1.82) is 0 Å². The van der Waals surface area contributed by atoms with Crippen LogP contribution in [0.5, 0.6) is 0 Å². The molecule has 1 amide bonds. The van der Waals surface area contributed by atoms with Gasteiger partial charge in [-0.2, -0.15) is 0 Å². The highest BCUT2D eigenvalue weighted by Gasteiger charge is 2.32. The predicted molar refractivity (Wildman–Crippen MR) is 134 cm³/mol. The molecule has 0 aliphatic carbocycles. The van der Waals surface area contributed by atoms with Crippen LogP contribution in [0.25, 0.3) is 0 Å². The lowest BCUT2D eigenvalue weighted by Gasteiger charge is -2.32. The van der Waals surface area contributed by atoms with Gasteiger partial charge in [-0.1, -0.05) is 88.7 Å². The van der Waals surface area contributed by atoms with E-state index in [1.165, 1.54) is 0 Å². The molecule has 0 fully saturated rings. The minimum Gasteiger partial charge on any atom is -0.298 e. The van der Waals surface area contributed by atoms with E-state index in [9.17, 15) is 4.79 Å². The van der Waals surface area contributed by atoms with Gasteiger partial charge in [-0.3, -0.25) is 14.7 Å². The predicted octanol–water partition coefficient (Wildman–Crippen LogP) is 7.36. The fourth-order valence-electron chi connectivity index (χ4n) is 4.13. The molecule has 0 saturated heterocycles. The number of nitrogens with zero attached hydrogens (tertiary/aromatic N) is 2. The maximum atomic E-state index is 13.9. The van der Waals surface area contributed by atoms with Gasteiger partial charge in [0.1, 0.15) is 0 Å². The van der Waals surface area contributed by atoms with Gasteiger partial charge in [0, 0.05) is 16.5 Å². The van der Waals surface area contributed by atoms with Crippen molar-refractivity contribution in [2.45, 2.75) is 12.5 Å². The average Bonchev–Trinajstić information content (AvgIpc) is 3.02. The van der Waals surface area contributed by atoms with E-state index in [4.69, 9.17) is 4.99 Å². The number of hydrogen-bond acceptors (Lipinski definition) is 2. The average molecular weight is 481 g/mol. The first-order valence-electron chi connectivity index (χ1n) is 10.6. The van der Waals surface area contributed by atoms with E-state index in [2.05, 4.69) is 40.2 Å². The summed E-state index contributed by atoms with van der Waals surface area (Å²) in [5.41, 5.74) is 5.38. The molecule has 4 aromatic rings. The van der Waals surface area contributed by atoms with Gasteiger partial charge >= 0.3 is 0 Å². The van der Waals surface area contributed by atoms with E-state index < -0.39 is 0 Å². The van der Waals surface area contributed by atoms with Crippen LogP contribution in [0.4, 0.5) is 11.4 Å². The van der Waals surface area contributed by atoms with Gasteiger partial charge in [-0.05, 0) is 47.5 Å². The molecular weight excluding hydrogens is 460 g/mol. The highest BCUT2D eigenvalue weighted by molar-refractivity contribution is 9.10. The fourth-order valence-corrected chi connectivity index (χ4v) is 4.40. The van der Waals surface area contributed by atoms with Crippen LogP contribution >= 0.6 is 15.9 Å². The van der Waals surface area contributed by atoms with Gasteiger partial charge in [0.05, 0.1) is 23.1 Å². The minimum absolute atomic E-state index is 0.0286. The monoisotopic (exact) mass is 480 g/mol. The maximum absolute atomic E-state index is 13.9. The number of aliphatic imine (C=N–C) groups is 1. The molecule has 0 aromatic heterocycles. The van der Waals surface area contributed by atoms with Gasteiger partial charge in [0.2, 0.25) is 0 Å². The highest BCUT2D eigenvalue weighted by atomic mass is 79.9. The first-order chi connectivity index (χ1) is 15.7. The molecule has 4 heteroatoms. The topological polar surface area (TPSA) is 32.7 Å². The van der Waals surface area contributed by atoms with Crippen LogP contribution in [0.3, 0.4) is 0 Å². The number of para-hydroxylation sites is 2. The number of carbonyl (C=O) groups is 1. The van der Waals surface area contributed by atoms with Gasteiger partial charge in [0.25, 0.3) is 5.91 Å². The SMILES string of the molecule is O=C(c1ccccc1)N1c2ccccc2N=C(c2ccc(Br)cc2)C[C@@H]1c1ccccc1. The van der Waals surface area contributed by atoms with Crippen molar-refractivity contribution >= 4 is 38.9 Å². The van der Waals surface area contributed by atoms with Gasteiger partial charge < -0.3 is 0 Å². The molecule has 0 saturated carbocycles. The Bertz CT molecular complexity index is 1270. The number of rotatable bonds is 3. The number of anilines is 1. The van der Waals surface area contributed by atoms with Crippen molar-refractivity contribution in [2.24, 2.45) is 4.99 Å². The molecule has 3 nitrogen and oxygen atoms in total. The molecule has 0 spiro atoms. The molecule has 4 aromatic carbocycles. The highest BCUT2D eigenvalue weighted by Crippen LogP contribution is 2.41. The Balaban J connectivity index is 1.69. The second-order valence-electron chi connectivity index (χ2n) is 7.73. The van der Waals surface area contributed by atoms with Crippen molar-refractivity contribution in [1.82, 2.24) is 0 Å². The Morgan fingerprint density at radius 2 is 1.41 bits per heavy atom. The molecule has 1 atom stereocenters. The summed E-state index contributed by atoms with van der Waals surface area (Å²) in [4.78, 5) is 20.8. The zero-order chi connectivity index (χ0) is 21.9. The Kier molecular flexibility index (Phi) is 5.70. The summed E-state index contributed by atoms with van der Waals surface area (Å²) in [6.45, 7) is 0. The first kappa shape index (κ1) is 20.4. The van der Waals surface area contributed by atoms with E-state index in [1.54, 1.807) is 0 Å². The third kappa shape index (κ3) is 4.02. The second kappa shape index (κ2) is 8.93. The smallest absolute Gasteiger partial charge is 0.258 e. The van der Waals surface area contributed by atoms with Crippen molar-refractivity contribution < 1.29 is 4.79 Å². The summed E-state index contributed by atoms with van der Waals surface area (Å²) in [5, 5.41) is 0. The molecule has 0 bridgehead atoms. The van der Waals surface area contributed by atoms with Crippen molar-refractivity contribution in [3.05, 3.63) is 130 Å². The molecule has 1 aliphatic heterocycles. The minimum atomic E-state index is -0.185. The van der Waals surface area contributed by atoms with E-state index in [-0.39, 0.29) is 11.9 Å². The first-order valence-corrected chi connectivity index (χ1v) is 11.4. The number of fused-ring (bicyclic) bond motifs is 1. The third-order valence-electron chi connectivity index (χ3n) is 5.70. The van der Waals surface area contributed by atoms with E-state index in [0.29, 0.717) is 12.0 Å². The normalized spacial score (nSPS) is 15.5. The lowest BCUT2D eigenvalue weighted by Crippen LogP contribution is -2.35. The molecule has 0 radical (unpaired) electrons. The van der Waals surface area contributed by atoms with Gasteiger partial charge in [0.15, 0.2) is 0 Å². The van der Waals surface area contributed by atoms with Crippen molar-refractivity contribution in [2.75, 3.05) is 4.90 Å². The zero-order valence-corrected chi connectivity index (χ0v) is 18.9. The van der Waals surface area contributed by atoms with Gasteiger partial charge in [-0.15, -0.1) is 0 Å². The number of benzene rings is 4. The van der Waals surface area contributed by atoms with Crippen LogP contribution in [-0.4, -0.2) is 11.6 Å². The summed E-state index contributed by atoms with van der Waals surface area (Å²) in [6.07, 6.45) is 0.610. The summed E-state index contributed by atoms with van der Waals surface area (Å²) in [5.74, 6) is -0.0286. The maximum Gasteiger partial charge on any atom is 0.258 e. The Hall–Kier alpha value is -3.50. The lowest BCUT2D eigenvalue weighted by atomic mass is 9.95. The Morgan fingerprint density at radius 3 is 2.12 bits per heavy atom. The van der Waals surface area contributed by atoms with Crippen LogP contribution in [0, 0.1) is 0 Å². The summed E-state index contributed by atoms with van der Waals surface area (Å²) in [7, 11) is 0. The Morgan fingerprint density at radius 1 is 0.781 bits per heavy atom. The quantitative estimate of drug-likeness (QED) is 0.301. The van der Waals surface area contributed by atoms with E-state index in [0.717, 1.165) is 32.7 Å². The third-order valence-corrected chi connectivity index (χ3v) is 6.23. The summed E-state index contributed by atoms with van der Waals surface area (Å²) < 4.78 is 1.02. The number of amides is 1. The van der Waals surface area contributed by atoms with Crippen LogP contribution in [0.2, 0.25) is 0 Å². The largest absolute Gasteiger partial charge is 0.298 e. The molecule has 32 heavy (non-hydrogen) atoms. The number of carbonyl (C=O) groups excluding carboxylic acids is 1. The van der Waals surface area contributed by atoms with Crippen LogP contribution in [-0.2, 0) is 0 Å². The van der Waals surface area contributed by atoms with Crippen LogP contribution < -0.4 is 4.90 Å². The molecule has 156 valence electrons. The molecular formula is C28H21BrN2O. The van der Waals surface area contributed by atoms with Crippen molar-refractivity contribution in [3.8, 4) is 0 Å². The molecule has 5 rings (SSSR count). The fraction of sp³-hybridized carbons (Fsp3) is 0.0714. The standard InChI is InChI=1S/C28H21BrN2O/c29-23-17-15-20(16-18-23)25-19-27(21-9-3-1-4-10-21)31(26-14-8-7-13-24(26)30-25)28(32)22-11-5-2-6-12-22/h1-18,27H,19H2/t27-/m1/s1. The van der Waals surface area contributed by atoms with Crippen LogP contribution in [0.15, 0.2) is 119 Å². The van der Waals surface area contributed by atoms with E-state index >= 15 is 0 Å². The van der Waals surface area contributed by atoms with Crippen molar-refractivity contribution in [3.63, 3.8) is 0 Å². The van der Waals surface area contributed by atoms with E-state index in [1.807, 2.05) is 89.8 Å². The lowest BCUT2D eigenvalue weighted by molar-refractivity contribution is 0.0977. The van der Waals surface area contributed by atoms with Crippen LogP contribution in [0.1, 0.15) is 33.9 Å².